The Morgan fingerprint density at radius 3 is 1.38 bits per heavy atom. The summed E-state index contributed by atoms with van der Waals surface area (Å²) in [7, 11) is 1.52. The number of carbonyl (C=O) groups is 6. The minimum absolute atomic E-state index is 0.0201. The van der Waals surface area contributed by atoms with Crippen LogP contribution in [0.5, 0.6) is 0 Å². The van der Waals surface area contributed by atoms with Crippen molar-refractivity contribution in [1.29, 1.82) is 0 Å². The van der Waals surface area contributed by atoms with E-state index in [4.69, 9.17) is 4.74 Å². The molecule has 0 saturated heterocycles. The van der Waals surface area contributed by atoms with Gasteiger partial charge in [0.05, 0.1) is 6.04 Å². The van der Waals surface area contributed by atoms with Gasteiger partial charge in [-0.05, 0) is 25.2 Å². The minimum Gasteiger partial charge on any atom is -0.0607 e. The van der Waals surface area contributed by atoms with Crippen LogP contribution in [0.2, 0.25) is 0 Å². The molecule has 20 nitrogen and oxygen atoms in total. The number of amidine groups is 1. The summed E-state index contributed by atoms with van der Waals surface area (Å²) >= 11 is 2.90. The third-order valence-electron chi connectivity index (χ3n) is 8.85. The molecule has 0 aliphatic rings. The number of nitrogens with zero attached hydrogens (tertiary/aromatic N) is 1. The van der Waals surface area contributed by atoms with E-state index in [9.17, 15) is 28.8 Å². The summed E-state index contributed by atoms with van der Waals surface area (Å²) in [5.41, 5.74) is -0.605. The first-order chi connectivity index (χ1) is 28.3. The molecule has 0 spiro atoms. The first-order valence-corrected chi connectivity index (χ1v) is 22.3. The number of rotatable bonds is 24. The second-order valence-electron chi connectivity index (χ2n) is 18.0. The SMILES string of the molecule is CNC(=O)NC[C@H](CC(C)C)NC(=O)NC[C@H](C)NC(=O)NC[C@@H](NC(=O)NC[C@H](CC(C)C)NC(=O)NC[C@H](C)NC([Se])=NC[C@@H](NC(=O)OC(C)(C)C)C(C)C)C(C)C. The van der Waals surface area contributed by atoms with Crippen molar-refractivity contribution in [2.45, 2.75) is 145 Å². The van der Waals surface area contributed by atoms with Crippen molar-refractivity contribution in [2.75, 3.05) is 46.3 Å². The minimum atomic E-state index is -0.605. The van der Waals surface area contributed by atoms with E-state index in [2.05, 4.69) is 84.8 Å². The van der Waals surface area contributed by atoms with Crippen molar-refractivity contribution in [3.8, 4) is 0 Å². The van der Waals surface area contributed by atoms with Crippen LogP contribution in [-0.4, -0.2) is 145 Å². The fourth-order valence-electron chi connectivity index (χ4n) is 5.58. The molecule has 12 N–H and O–H groups in total. The van der Waals surface area contributed by atoms with Gasteiger partial charge in [0.15, 0.2) is 0 Å². The van der Waals surface area contributed by atoms with Crippen molar-refractivity contribution >= 4 is 57.0 Å². The molecule has 0 fully saturated rings. The summed E-state index contributed by atoms with van der Waals surface area (Å²) < 4.78 is 5.92. The van der Waals surface area contributed by atoms with Gasteiger partial charge in [-0.25, -0.2) is 14.4 Å². The van der Waals surface area contributed by atoms with E-state index >= 15 is 0 Å². The number of ether oxygens (including phenoxy) is 1. The van der Waals surface area contributed by atoms with Crippen molar-refractivity contribution in [1.82, 2.24) is 63.8 Å². The van der Waals surface area contributed by atoms with Crippen LogP contribution < -0.4 is 63.8 Å². The summed E-state index contributed by atoms with van der Waals surface area (Å²) in [5.74, 6) is 0.630. The van der Waals surface area contributed by atoms with E-state index in [0.717, 1.165) is 0 Å². The van der Waals surface area contributed by atoms with Gasteiger partial charge in [0.25, 0.3) is 0 Å². The number of hydrogen-bond donors (Lipinski definition) is 12. The van der Waals surface area contributed by atoms with E-state index in [1.807, 2.05) is 83.1 Å². The average Bonchev–Trinajstić information content (AvgIpc) is 3.12. The molecule has 11 amide bonds. The van der Waals surface area contributed by atoms with Crippen molar-refractivity contribution < 1.29 is 33.5 Å². The van der Waals surface area contributed by atoms with Crippen LogP contribution in [0.1, 0.15) is 103 Å². The van der Waals surface area contributed by atoms with E-state index in [1.165, 1.54) is 7.05 Å². The number of nitrogens with one attached hydrogen (secondary N) is 12. The van der Waals surface area contributed by atoms with E-state index in [1.54, 1.807) is 6.92 Å². The van der Waals surface area contributed by atoms with Gasteiger partial charge in [-0.2, -0.15) is 0 Å². The number of alkyl carbamates (subject to hydrolysis) is 1. The molecule has 0 bridgehead atoms. The maximum Gasteiger partial charge on any atom is -0.0249 e. The Morgan fingerprint density at radius 2 is 0.934 bits per heavy atom. The zero-order chi connectivity index (χ0) is 46.9. The summed E-state index contributed by atoms with van der Waals surface area (Å²) in [5, 5.41) is 34.1. The molecule has 0 aliphatic heterocycles. The Bertz CT molecular complexity index is 1380. The van der Waals surface area contributed by atoms with E-state index in [0.29, 0.717) is 30.0 Å². The molecule has 0 aromatic heterocycles. The Morgan fingerprint density at radius 1 is 0.525 bits per heavy atom. The second kappa shape index (κ2) is 29.8. The smallest absolute Gasteiger partial charge is 0.0249 e. The third-order valence-corrected chi connectivity index (χ3v) is 9.37. The van der Waals surface area contributed by atoms with Crippen molar-refractivity contribution in [2.24, 2.45) is 28.7 Å². The molecule has 61 heavy (non-hydrogen) atoms. The van der Waals surface area contributed by atoms with E-state index < -0.39 is 41.9 Å². The Hall–Kier alpha value is -4.39. The number of urea groups is 5. The monoisotopic (exact) mass is 935 g/mol. The summed E-state index contributed by atoms with van der Waals surface area (Å²) in [6, 6.07) is -3.88. The van der Waals surface area contributed by atoms with Crippen LogP contribution in [-0.2, 0) is 4.74 Å². The van der Waals surface area contributed by atoms with Gasteiger partial charge < -0.3 is 31.9 Å². The van der Waals surface area contributed by atoms with Gasteiger partial charge in [0.2, 0.25) is 0 Å². The van der Waals surface area contributed by atoms with Crippen LogP contribution in [0.15, 0.2) is 4.99 Å². The maximum atomic E-state index is 13.0. The van der Waals surface area contributed by atoms with Crippen LogP contribution in [0.25, 0.3) is 0 Å². The van der Waals surface area contributed by atoms with Crippen LogP contribution in [0.4, 0.5) is 28.8 Å². The normalized spacial score (nSPS) is 14.7. The van der Waals surface area contributed by atoms with Crippen LogP contribution >= 0.6 is 0 Å². The van der Waals surface area contributed by atoms with Gasteiger partial charge in [0.1, 0.15) is 0 Å². The fraction of sp³-hybridized carbons (Fsp3) is 0.825. The number of aliphatic imine (C=N–C) groups is 1. The van der Waals surface area contributed by atoms with Gasteiger partial charge in [-0.3, -0.25) is 0 Å². The Labute approximate surface area is 372 Å². The van der Waals surface area contributed by atoms with Gasteiger partial charge in [-0.15, -0.1) is 0 Å². The standard InChI is InChI=1S/C40H80N13O7Se/c1-23(2)15-29(19-44-33(54)41-14)50-35(56)42-17-27(9)48-34(55)46-21-31(25(5)6)52-37(58)45-20-30(16-24(3)4)51-36(57)43-18-28(10)49-38(61)47-22-32(26(7)8)53-39(59)60-40(11,12)13/h23-32H,15-22H2,1-14H3,(H,47,49)(H,53,59)(H2,41,44,54)(H2,42,50,56)(H2,43,51,57)(H2,45,52,58)(H2,46,48,55)/t27-,28-,29-,30-,31+,32+/m0/s1. The molecule has 0 unspecified atom stereocenters. The molecule has 1 radical (unpaired) electrons. The number of hydrogen-bond acceptors (Lipinski definition) is 8. The van der Waals surface area contributed by atoms with Crippen molar-refractivity contribution in [3.63, 3.8) is 0 Å². The molecule has 0 aliphatic carbocycles. The molecule has 0 aromatic rings. The average molecular weight is 934 g/mol. The topological polar surface area (TPSA) is 268 Å². The van der Waals surface area contributed by atoms with Gasteiger partial charge >= 0.3 is 230 Å². The summed E-state index contributed by atoms with van der Waals surface area (Å²) in [6.45, 7) is 26.4. The summed E-state index contributed by atoms with van der Waals surface area (Å²) in [4.78, 5) is 79.5. The Kier molecular flexibility index (Phi) is 27.6. The molecule has 21 heteroatoms. The zero-order valence-corrected chi connectivity index (χ0v) is 40.9. The zero-order valence-electron chi connectivity index (χ0n) is 39.1. The van der Waals surface area contributed by atoms with Crippen molar-refractivity contribution in [3.05, 3.63) is 0 Å². The molecule has 6 atom stereocenters. The second-order valence-corrected chi connectivity index (χ2v) is 18.8. The molecule has 353 valence electrons. The number of amides is 11. The molecule has 0 aromatic carbocycles. The van der Waals surface area contributed by atoms with Crippen LogP contribution in [0, 0.1) is 23.7 Å². The Balaban J connectivity index is 4.92. The molecule has 0 saturated carbocycles. The molecular weight excluding hydrogens is 853 g/mol. The number of carbonyl (C=O) groups excluding carboxylic acids is 6. The largest absolute Gasteiger partial charge is 0.0607 e. The predicted molar refractivity (Wildman–Crippen MR) is 242 cm³/mol. The maximum absolute atomic E-state index is 13.0. The first-order valence-electron chi connectivity index (χ1n) is 21.4. The van der Waals surface area contributed by atoms with Gasteiger partial charge in [-0.1, -0.05) is 27.7 Å². The van der Waals surface area contributed by atoms with Gasteiger partial charge in [0, 0.05) is 38.8 Å². The molecule has 0 rings (SSSR count). The van der Waals surface area contributed by atoms with E-state index in [-0.39, 0.29) is 86.7 Å². The van der Waals surface area contributed by atoms with Crippen LogP contribution in [0.3, 0.4) is 0 Å². The quantitative estimate of drug-likeness (QED) is 0.0388. The summed E-state index contributed by atoms with van der Waals surface area (Å²) in [6.07, 6.45) is 0.788. The molecular formula is C40H80N13O7Se. The fourth-order valence-corrected chi connectivity index (χ4v) is 6.16. The predicted octanol–water partition coefficient (Wildman–Crippen LogP) is 2.41. The molecule has 0 heterocycles. The third kappa shape index (κ3) is 30.3. The first kappa shape index (κ1) is 56.6.